The predicted molar refractivity (Wildman–Crippen MR) is 69.8 cm³/mol. The first-order valence-corrected chi connectivity index (χ1v) is 5.92. The summed E-state index contributed by atoms with van der Waals surface area (Å²) < 4.78 is 4.72. The van der Waals surface area contributed by atoms with Crippen molar-refractivity contribution in [2.24, 2.45) is 0 Å². The minimum absolute atomic E-state index is 0.126. The van der Waals surface area contributed by atoms with Crippen LogP contribution in [0.4, 0.5) is 5.69 Å². The molecule has 0 unspecified atom stereocenters. The van der Waals surface area contributed by atoms with Gasteiger partial charge in [0.15, 0.2) is 0 Å². The molecule has 0 aliphatic carbocycles. The third kappa shape index (κ3) is 3.75. The molecular formula is C11H11BrN2O5. The van der Waals surface area contributed by atoms with Crippen LogP contribution >= 0.6 is 15.9 Å². The number of amides is 1. The molecule has 0 aromatic heterocycles. The Morgan fingerprint density at radius 1 is 1.47 bits per heavy atom. The number of methoxy groups -OCH3 is 1. The van der Waals surface area contributed by atoms with E-state index in [1.807, 2.05) is 0 Å². The molecule has 0 N–H and O–H groups in total. The first-order chi connectivity index (χ1) is 8.86. The molecule has 0 atom stereocenters. The SMILES string of the molecule is COC(=O)CN(C)C(=O)c1ccc(Br)c([N+](=O)[O-])c1. The molecule has 1 rings (SSSR count). The van der Waals surface area contributed by atoms with E-state index in [0.29, 0.717) is 0 Å². The summed E-state index contributed by atoms with van der Waals surface area (Å²) >= 11 is 3.03. The van der Waals surface area contributed by atoms with E-state index in [0.717, 1.165) is 11.0 Å². The summed E-state index contributed by atoms with van der Waals surface area (Å²) in [6, 6.07) is 4.00. The van der Waals surface area contributed by atoms with Gasteiger partial charge in [-0.05, 0) is 28.1 Å². The van der Waals surface area contributed by atoms with Crippen molar-refractivity contribution in [1.29, 1.82) is 0 Å². The Labute approximate surface area is 117 Å². The molecule has 19 heavy (non-hydrogen) atoms. The molecule has 0 spiro atoms. The number of nitro benzene ring substituents is 1. The lowest BCUT2D eigenvalue weighted by atomic mass is 10.2. The molecule has 7 nitrogen and oxygen atoms in total. The van der Waals surface area contributed by atoms with Gasteiger partial charge in [-0.15, -0.1) is 0 Å². The zero-order chi connectivity index (χ0) is 14.6. The fourth-order valence-corrected chi connectivity index (χ4v) is 1.73. The fourth-order valence-electron chi connectivity index (χ4n) is 1.34. The van der Waals surface area contributed by atoms with Crippen LogP contribution < -0.4 is 0 Å². The van der Waals surface area contributed by atoms with E-state index in [1.165, 1.54) is 26.3 Å². The summed E-state index contributed by atoms with van der Waals surface area (Å²) in [5.41, 5.74) is -0.0846. The first kappa shape index (κ1) is 15.1. The molecule has 102 valence electrons. The number of ether oxygens (including phenoxy) is 1. The highest BCUT2D eigenvalue weighted by molar-refractivity contribution is 9.10. The molecule has 8 heteroatoms. The lowest BCUT2D eigenvalue weighted by Gasteiger charge is -2.15. The lowest BCUT2D eigenvalue weighted by molar-refractivity contribution is -0.385. The smallest absolute Gasteiger partial charge is 0.325 e. The Kier molecular flexibility index (Phi) is 4.99. The van der Waals surface area contributed by atoms with E-state index in [2.05, 4.69) is 20.7 Å². The maximum absolute atomic E-state index is 12.0. The van der Waals surface area contributed by atoms with Crippen molar-refractivity contribution in [2.45, 2.75) is 0 Å². The number of carbonyl (C=O) groups excluding carboxylic acids is 2. The number of likely N-dealkylation sites (N-methyl/N-ethyl adjacent to an activating group) is 1. The molecule has 0 fully saturated rings. The number of hydrogen-bond donors (Lipinski definition) is 0. The maximum atomic E-state index is 12.0. The van der Waals surface area contributed by atoms with Gasteiger partial charge < -0.3 is 9.64 Å². The standard InChI is InChI=1S/C11H11BrN2O5/c1-13(6-10(15)19-2)11(16)7-3-4-8(12)9(5-7)14(17)18/h3-5H,6H2,1-2H3. The van der Waals surface area contributed by atoms with E-state index in [-0.39, 0.29) is 22.3 Å². The van der Waals surface area contributed by atoms with Gasteiger partial charge >= 0.3 is 5.97 Å². The van der Waals surface area contributed by atoms with Crippen LogP contribution in [-0.4, -0.2) is 42.4 Å². The summed E-state index contributed by atoms with van der Waals surface area (Å²) in [7, 11) is 2.62. The van der Waals surface area contributed by atoms with Gasteiger partial charge in [-0.1, -0.05) is 0 Å². The van der Waals surface area contributed by atoms with Gasteiger partial charge in [0, 0.05) is 18.7 Å². The molecule has 0 aliphatic heterocycles. The van der Waals surface area contributed by atoms with Crippen LogP contribution in [0.1, 0.15) is 10.4 Å². The number of nitro groups is 1. The largest absolute Gasteiger partial charge is 0.468 e. The highest BCUT2D eigenvalue weighted by Crippen LogP contribution is 2.26. The molecular weight excluding hydrogens is 320 g/mol. The average Bonchev–Trinajstić information content (AvgIpc) is 2.37. The number of halogens is 1. The van der Waals surface area contributed by atoms with Gasteiger partial charge in [0.05, 0.1) is 16.5 Å². The second-order valence-corrected chi connectivity index (χ2v) is 4.51. The molecule has 1 aromatic carbocycles. The lowest BCUT2D eigenvalue weighted by Crippen LogP contribution is -2.32. The Morgan fingerprint density at radius 2 is 2.11 bits per heavy atom. The van der Waals surface area contributed by atoms with E-state index in [9.17, 15) is 19.7 Å². The number of nitrogens with zero attached hydrogens (tertiary/aromatic N) is 2. The highest BCUT2D eigenvalue weighted by Gasteiger charge is 2.19. The molecule has 0 saturated carbocycles. The van der Waals surface area contributed by atoms with E-state index >= 15 is 0 Å². The second kappa shape index (κ2) is 6.28. The molecule has 1 aromatic rings. The van der Waals surface area contributed by atoms with Crippen molar-refractivity contribution in [3.8, 4) is 0 Å². The van der Waals surface area contributed by atoms with E-state index < -0.39 is 16.8 Å². The summed E-state index contributed by atoms with van der Waals surface area (Å²) in [5, 5.41) is 10.8. The van der Waals surface area contributed by atoms with Crippen LogP contribution in [0.15, 0.2) is 22.7 Å². The minimum atomic E-state index is -0.596. The van der Waals surface area contributed by atoms with Gasteiger partial charge in [-0.2, -0.15) is 0 Å². The normalized spacial score (nSPS) is 9.84. The van der Waals surface area contributed by atoms with Crippen LogP contribution in [0.25, 0.3) is 0 Å². The topological polar surface area (TPSA) is 89.8 Å². The van der Waals surface area contributed by atoms with Crippen LogP contribution in [0.5, 0.6) is 0 Å². The zero-order valence-electron chi connectivity index (χ0n) is 10.3. The Morgan fingerprint density at radius 3 is 2.63 bits per heavy atom. The van der Waals surface area contributed by atoms with Gasteiger partial charge in [0.1, 0.15) is 6.54 Å². The number of esters is 1. The average molecular weight is 331 g/mol. The zero-order valence-corrected chi connectivity index (χ0v) is 11.8. The molecule has 0 saturated heterocycles. The van der Waals surface area contributed by atoms with Gasteiger partial charge in [-0.25, -0.2) is 0 Å². The second-order valence-electron chi connectivity index (χ2n) is 3.66. The van der Waals surface area contributed by atoms with Crippen molar-refractivity contribution >= 4 is 33.5 Å². The third-order valence-corrected chi connectivity index (χ3v) is 3.00. The highest BCUT2D eigenvalue weighted by atomic mass is 79.9. The summed E-state index contributed by atoms with van der Waals surface area (Å²) in [6.07, 6.45) is 0. The van der Waals surface area contributed by atoms with E-state index in [4.69, 9.17) is 0 Å². The first-order valence-electron chi connectivity index (χ1n) is 5.13. The molecule has 0 heterocycles. The number of carbonyl (C=O) groups is 2. The van der Waals surface area contributed by atoms with Gasteiger partial charge in [0.2, 0.25) is 0 Å². The Balaban J connectivity index is 2.97. The van der Waals surface area contributed by atoms with Crippen molar-refractivity contribution in [1.82, 2.24) is 4.90 Å². The molecule has 0 aliphatic rings. The Hall–Kier alpha value is -1.96. The quantitative estimate of drug-likeness (QED) is 0.475. The summed E-state index contributed by atoms with van der Waals surface area (Å²) in [5.74, 6) is -1.07. The Bertz CT molecular complexity index is 532. The fraction of sp³-hybridized carbons (Fsp3) is 0.273. The monoisotopic (exact) mass is 330 g/mol. The van der Waals surface area contributed by atoms with Crippen LogP contribution in [0.2, 0.25) is 0 Å². The number of rotatable bonds is 4. The van der Waals surface area contributed by atoms with Crippen molar-refractivity contribution in [3.63, 3.8) is 0 Å². The predicted octanol–water partition coefficient (Wildman–Crippen LogP) is 1.60. The van der Waals surface area contributed by atoms with Gasteiger partial charge in [0.25, 0.3) is 11.6 Å². The third-order valence-electron chi connectivity index (χ3n) is 2.33. The molecule has 1 amide bonds. The van der Waals surface area contributed by atoms with Crippen molar-refractivity contribution < 1.29 is 19.2 Å². The van der Waals surface area contributed by atoms with Crippen LogP contribution in [0.3, 0.4) is 0 Å². The molecule has 0 radical (unpaired) electrons. The van der Waals surface area contributed by atoms with Crippen molar-refractivity contribution in [3.05, 3.63) is 38.3 Å². The maximum Gasteiger partial charge on any atom is 0.325 e. The van der Waals surface area contributed by atoms with Crippen LogP contribution in [0, 0.1) is 10.1 Å². The molecule has 0 bridgehead atoms. The van der Waals surface area contributed by atoms with Gasteiger partial charge in [-0.3, -0.25) is 19.7 Å². The van der Waals surface area contributed by atoms with Crippen molar-refractivity contribution in [2.75, 3.05) is 20.7 Å². The summed E-state index contributed by atoms with van der Waals surface area (Å²) in [4.78, 5) is 34.3. The number of benzene rings is 1. The summed E-state index contributed by atoms with van der Waals surface area (Å²) in [6.45, 7) is -0.223. The van der Waals surface area contributed by atoms with Crippen LogP contribution in [-0.2, 0) is 9.53 Å². The minimum Gasteiger partial charge on any atom is -0.468 e. The number of hydrogen-bond acceptors (Lipinski definition) is 5. The van der Waals surface area contributed by atoms with E-state index in [1.54, 1.807) is 0 Å².